The average molecular weight is 335 g/mol. The fourth-order valence-electron chi connectivity index (χ4n) is 2.00. The van der Waals surface area contributed by atoms with Crippen molar-refractivity contribution in [2.24, 2.45) is 0 Å². The van der Waals surface area contributed by atoms with Crippen molar-refractivity contribution in [3.8, 4) is 0 Å². The predicted octanol–water partition coefficient (Wildman–Crippen LogP) is 2.40. The van der Waals surface area contributed by atoms with Gasteiger partial charge < -0.3 is 10.1 Å². The summed E-state index contributed by atoms with van der Waals surface area (Å²) < 4.78 is 30.5. The van der Waals surface area contributed by atoms with Gasteiger partial charge in [-0.15, -0.1) is 0 Å². The highest BCUT2D eigenvalue weighted by Gasteiger charge is 2.13. The average Bonchev–Trinajstić information content (AvgIpc) is 2.55. The molecule has 6 heteroatoms. The zero-order chi connectivity index (χ0) is 16.7. The zero-order valence-corrected chi connectivity index (χ0v) is 13.6. The summed E-state index contributed by atoms with van der Waals surface area (Å²) in [5, 5.41) is 2.68. The summed E-state index contributed by atoms with van der Waals surface area (Å²) in [5.41, 5.74) is 1.97. The third-order valence-corrected chi connectivity index (χ3v) is 4.51. The normalized spacial score (nSPS) is 11.9. The maximum absolute atomic E-state index is 13.5. The Morgan fingerprint density at radius 1 is 1.13 bits per heavy atom. The fraction of sp³-hybridized carbons (Fsp3) is 0.235. The van der Waals surface area contributed by atoms with Crippen LogP contribution < -0.4 is 5.32 Å². The molecule has 2 aromatic rings. The second-order valence-electron chi connectivity index (χ2n) is 4.95. The highest BCUT2D eigenvalue weighted by molar-refractivity contribution is 7.85. The van der Waals surface area contributed by atoms with Gasteiger partial charge in [-0.05, 0) is 23.3 Å². The number of hydrogen-bond acceptors (Lipinski definition) is 3. The summed E-state index contributed by atoms with van der Waals surface area (Å²) in [6.07, 6.45) is 0. The van der Waals surface area contributed by atoms with Crippen LogP contribution in [0, 0.1) is 5.82 Å². The Bertz CT molecular complexity index is 688. The van der Waals surface area contributed by atoms with Crippen LogP contribution in [0.2, 0.25) is 0 Å². The number of benzene rings is 2. The largest absolute Gasteiger partial charge is 0.380 e. The smallest absolute Gasteiger partial charge is 0.233 e. The molecule has 0 aromatic heterocycles. The molecule has 0 saturated heterocycles. The molecule has 0 spiro atoms. The highest BCUT2D eigenvalue weighted by atomic mass is 32.2. The van der Waals surface area contributed by atoms with E-state index < -0.39 is 16.6 Å². The van der Waals surface area contributed by atoms with Crippen molar-refractivity contribution in [1.82, 2.24) is 5.32 Å². The van der Waals surface area contributed by atoms with E-state index in [0.717, 1.165) is 11.1 Å². The maximum Gasteiger partial charge on any atom is 0.233 e. The van der Waals surface area contributed by atoms with Gasteiger partial charge in [0.15, 0.2) is 0 Å². The van der Waals surface area contributed by atoms with E-state index in [1.54, 1.807) is 13.2 Å². The van der Waals surface area contributed by atoms with Crippen LogP contribution in [-0.4, -0.2) is 23.0 Å². The summed E-state index contributed by atoms with van der Waals surface area (Å²) in [4.78, 5) is 11.9. The Hall–Kier alpha value is -2.05. The number of halogens is 1. The first-order chi connectivity index (χ1) is 11.1. The Morgan fingerprint density at radius 3 is 2.43 bits per heavy atom. The van der Waals surface area contributed by atoms with E-state index in [4.69, 9.17) is 4.74 Å². The van der Waals surface area contributed by atoms with Crippen LogP contribution in [0.4, 0.5) is 4.39 Å². The van der Waals surface area contributed by atoms with Crippen molar-refractivity contribution in [3.63, 3.8) is 0 Å². The van der Waals surface area contributed by atoms with Crippen molar-refractivity contribution in [1.29, 1.82) is 0 Å². The molecule has 0 aliphatic heterocycles. The molecular formula is C17H18FNO3S. The Kier molecular flexibility index (Phi) is 6.43. The Morgan fingerprint density at radius 2 is 1.78 bits per heavy atom. The zero-order valence-electron chi connectivity index (χ0n) is 12.8. The van der Waals surface area contributed by atoms with E-state index in [-0.39, 0.29) is 16.6 Å². The summed E-state index contributed by atoms with van der Waals surface area (Å²) in [7, 11) is -0.0641. The lowest BCUT2D eigenvalue weighted by Gasteiger charge is -2.07. The van der Waals surface area contributed by atoms with Crippen molar-refractivity contribution in [2.75, 3.05) is 12.9 Å². The third-order valence-electron chi connectivity index (χ3n) is 3.17. The van der Waals surface area contributed by atoms with Crippen LogP contribution >= 0.6 is 0 Å². The standard InChI is InChI=1S/C17H18FNO3S/c1-22-11-14-8-6-13(7-9-14)10-19-17(20)12-23(21)16-5-3-2-4-15(16)18/h2-9H,10-12H2,1H3,(H,19,20). The highest BCUT2D eigenvalue weighted by Crippen LogP contribution is 2.11. The molecule has 2 rings (SSSR count). The topological polar surface area (TPSA) is 55.4 Å². The summed E-state index contributed by atoms with van der Waals surface area (Å²) >= 11 is 0. The number of carbonyl (C=O) groups excluding carboxylic acids is 1. The van der Waals surface area contributed by atoms with Crippen LogP contribution in [0.5, 0.6) is 0 Å². The van der Waals surface area contributed by atoms with Gasteiger partial charge in [-0.3, -0.25) is 9.00 Å². The number of ether oxygens (including phenoxy) is 1. The number of amides is 1. The van der Waals surface area contributed by atoms with Gasteiger partial charge in [0.25, 0.3) is 0 Å². The van der Waals surface area contributed by atoms with E-state index >= 15 is 0 Å². The van der Waals surface area contributed by atoms with E-state index in [0.29, 0.717) is 13.2 Å². The van der Waals surface area contributed by atoms with Crippen LogP contribution in [0.15, 0.2) is 53.4 Å². The molecular weight excluding hydrogens is 317 g/mol. The molecule has 0 aliphatic rings. The quantitative estimate of drug-likeness (QED) is 0.845. The van der Waals surface area contributed by atoms with Gasteiger partial charge in [-0.25, -0.2) is 4.39 Å². The van der Waals surface area contributed by atoms with Gasteiger partial charge in [0.05, 0.1) is 22.3 Å². The molecule has 0 fully saturated rings. The molecule has 0 radical (unpaired) electrons. The maximum atomic E-state index is 13.5. The minimum atomic E-state index is -1.69. The van der Waals surface area contributed by atoms with Crippen molar-refractivity contribution >= 4 is 16.7 Å². The molecule has 1 unspecified atom stereocenters. The number of rotatable bonds is 7. The van der Waals surface area contributed by atoms with Crippen molar-refractivity contribution in [2.45, 2.75) is 18.0 Å². The fourth-order valence-corrected chi connectivity index (χ4v) is 3.01. The van der Waals surface area contributed by atoms with Crippen molar-refractivity contribution in [3.05, 3.63) is 65.5 Å². The molecule has 2 aromatic carbocycles. The molecule has 1 atom stereocenters. The Labute approximate surface area is 137 Å². The first-order valence-electron chi connectivity index (χ1n) is 7.06. The lowest BCUT2D eigenvalue weighted by atomic mass is 10.1. The number of hydrogen-bond donors (Lipinski definition) is 1. The van der Waals surface area contributed by atoms with Gasteiger partial charge in [-0.2, -0.15) is 0 Å². The van der Waals surface area contributed by atoms with Gasteiger partial charge in [0, 0.05) is 13.7 Å². The third kappa shape index (κ3) is 5.26. The summed E-state index contributed by atoms with van der Waals surface area (Å²) in [6.45, 7) is 0.870. The van der Waals surface area contributed by atoms with E-state index in [1.165, 1.54) is 18.2 Å². The van der Waals surface area contributed by atoms with Gasteiger partial charge in [0.2, 0.25) is 5.91 Å². The van der Waals surface area contributed by atoms with E-state index in [2.05, 4.69) is 5.32 Å². The monoisotopic (exact) mass is 335 g/mol. The van der Waals surface area contributed by atoms with Gasteiger partial charge >= 0.3 is 0 Å². The molecule has 1 amide bonds. The molecule has 1 N–H and O–H groups in total. The van der Waals surface area contributed by atoms with Gasteiger partial charge in [0.1, 0.15) is 11.6 Å². The predicted molar refractivity (Wildman–Crippen MR) is 86.7 cm³/mol. The van der Waals surface area contributed by atoms with E-state index in [9.17, 15) is 13.4 Å². The SMILES string of the molecule is COCc1ccc(CNC(=O)CS(=O)c2ccccc2F)cc1. The second-order valence-corrected chi connectivity index (χ2v) is 6.37. The molecule has 0 aliphatic carbocycles. The van der Waals surface area contributed by atoms with E-state index in [1.807, 2.05) is 24.3 Å². The van der Waals surface area contributed by atoms with Crippen LogP contribution in [0.25, 0.3) is 0 Å². The summed E-state index contributed by atoms with van der Waals surface area (Å²) in [6, 6.07) is 13.4. The summed E-state index contributed by atoms with van der Waals surface area (Å²) in [5.74, 6) is -1.21. The number of nitrogens with one attached hydrogen (secondary N) is 1. The molecule has 122 valence electrons. The van der Waals surface area contributed by atoms with Gasteiger partial charge in [-0.1, -0.05) is 36.4 Å². The number of methoxy groups -OCH3 is 1. The molecule has 0 bridgehead atoms. The second kappa shape index (κ2) is 8.55. The Balaban J connectivity index is 1.85. The minimum Gasteiger partial charge on any atom is -0.380 e. The van der Waals surface area contributed by atoms with Crippen molar-refractivity contribution < 1.29 is 18.1 Å². The van der Waals surface area contributed by atoms with Crippen LogP contribution in [0.1, 0.15) is 11.1 Å². The van der Waals surface area contributed by atoms with Crippen LogP contribution in [0.3, 0.4) is 0 Å². The van der Waals surface area contributed by atoms with Crippen LogP contribution in [-0.2, 0) is 33.5 Å². The number of carbonyl (C=O) groups is 1. The minimum absolute atomic E-state index is 0.0477. The first-order valence-corrected chi connectivity index (χ1v) is 8.38. The lowest BCUT2D eigenvalue weighted by molar-refractivity contribution is -0.118. The molecule has 0 saturated carbocycles. The molecule has 23 heavy (non-hydrogen) atoms. The molecule has 0 heterocycles. The lowest BCUT2D eigenvalue weighted by Crippen LogP contribution is -2.28. The first kappa shape index (κ1) is 17.3. The molecule has 4 nitrogen and oxygen atoms in total.